The number of benzene rings is 1. The number of ether oxygens (including phenoxy) is 1. The Morgan fingerprint density at radius 3 is 2.50 bits per heavy atom. The minimum atomic E-state index is -0.532. The maximum Gasteiger partial charge on any atom is 0.338 e. The SMILES string of the molecule is CC(C)c1ccc(C(=O)OCC(=O)NCCC#N)cc1. The van der Waals surface area contributed by atoms with Crippen LogP contribution in [0.4, 0.5) is 0 Å². The molecule has 1 rings (SSSR count). The zero-order valence-electron chi connectivity index (χ0n) is 11.7. The van der Waals surface area contributed by atoms with Crippen molar-refractivity contribution in [1.29, 1.82) is 5.26 Å². The van der Waals surface area contributed by atoms with E-state index in [0.29, 0.717) is 11.5 Å². The van der Waals surface area contributed by atoms with Gasteiger partial charge in [-0.25, -0.2) is 4.79 Å². The summed E-state index contributed by atoms with van der Waals surface area (Å²) >= 11 is 0. The zero-order chi connectivity index (χ0) is 15.0. The number of carbonyl (C=O) groups is 2. The molecule has 5 nitrogen and oxygen atoms in total. The van der Waals surface area contributed by atoms with E-state index in [1.54, 1.807) is 12.1 Å². The number of amides is 1. The van der Waals surface area contributed by atoms with Gasteiger partial charge < -0.3 is 10.1 Å². The molecule has 0 bridgehead atoms. The average Bonchev–Trinajstić information content (AvgIpc) is 2.45. The van der Waals surface area contributed by atoms with Gasteiger partial charge in [0.15, 0.2) is 6.61 Å². The van der Waals surface area contributed by atoms with Crippen LogP contribution in [0.25, 0.3) is 0 Å². The highest BCUT2D eigenvalue weighted by Gasteiger charge is 2.10. The molecule has 1 N–H and O–H groups in total. The molecular weight excluding hydrogens is 256 g/mol. The van der Waals surface area contributed by atoms with Gasteiger partial charge in [-0.2, -0.15) is 5.26 Å². The van der Waals surface area contributed by atoms with Gasteiger partial charge in [0.1, 0.15) is 0 Å². The first-order chi connectivity index (χ1) is 9.54. The van der Waals surface area contributed by atoms with Crippen molar-refractivity contribution in [3.05, 3.63) is 35.4 Å². The Hall–Kier alpha value is -2.35. The van der Waals surface area contributed by atoms with E-state index >= 15 is 0 Å². The molecule has 0 aliphatic rings. The van der Waals surface area contributed by atoms with Crippen molar-refractivity contribution in [2.24, 2.45) is 0 Å². The van der Waals surface area contributed by atoms with E-state index in [1.807, 2.05) is 18.2 Å². The van der Waals surface area contributed by atoms with E-state index in [2.05, 4.69) is 19.2 Å². The summed E-state index contributed by atoms with van der Waals surface area (Å²) in [5, 5.41) is 10.8. The predicted molar refractivity (Wildman–Crippen MR) is 74.1 cm³/mol. The van der Waals surface area contributed by atoms with Gasteiger partial charge in [-0.1, -0.05) is 26.0 Å². The molecule has 106 valence electrons. The van der Waals surface area contributed by atoms with Crippen molar-refractivity contribution in [1.82, 2.24) is 5.32 Å². The van der Waals surface area contributed by atoms with Crippen molar-refractivity contribution in [3.63, 3.8) is 0 Å². The third kappa shape index (κ3) is 5.11. The Morgan fingerprint density at radius 2 is 1.95 bits per heavy atom. The highest BCUT2D eigenvalue weighted by molar-refractivity contribution is 5.91. The van der Waals surface area contributed by atoms with Crippen molar-refractivity contribution in [2.45, 2.75) is 26.2 Å². The molecule has 0 saturated carbocycles. The van der Waals surface area contributed by atoms with Crippen LogP contribution in [0.2, 0.25) is 0 Å². The quantitative estimate of drug-likeness (QED) is 0.635. The van der Waals surface area contributed by atoms with Gasteiger partial charge in [0, 0.05) is 6.54 Å². The standard InChI is InChI=1S/C15H18N2O3/c1-11(2)12-4-6-13(7-5-12)15(19)20-10-14(18)17-9-3-8-16/h4-7,11H,3,9-10H2,1-2H3,(H,17,18). The molecule has 0 radical (unpaired) electrons. The second-order valence-corrected chi connectivity index (χ2v) is 4.61. The summed E-state index contributed by atoms with van der Waals surface area (Å²) in [5.74, 6) is -0.547. The number of nitrogens with zero attached hydrogens (tertiary/aromatic N) is 1. The summed E-state index contributed by atoms with van der Waals surface area (Å²) in [6.45, 7) is 4.06. The third-order valence-electron chi connectivity index (χ3n) is 2.71. The van der Waals surface area contributed by atoms with Crippen LogP contribution >= 0.6 is 0 Å². The van der Waals surface area contributed by atoms with Gasteiger partial charge in [-0.15, -0.1) is 0 Å². The van der Waals surface area contributed by atoms with Crippen molar-refractivity contribution in [3.8, 4) is 6.07 Å². The highest BCUT2D eigenvalue weighted by Crippen LogP contribution is 2.15. The fraction of sp³-hybridized carbons (Fsp3) is 0.400. The van der Waals surface area contributed by atoms with E-state index < -0.39 is 11.9 Å². The number of esters is 1. The number of rotatable bonds is 6. The third-order valence-corrected chi connectivity index (χ3v) is 2.71. The van der Waals surface area contributed by atoms with Crippen LogP contribution in [-0.2, 0) is 9.53 Å². The van der Waals surface area contributed by atoms with Crippen molar-refractivity contribution in [2.75, 3.05) is 13.2 Å². The average molecular weight is 274 g/mol. The monoisotopic (exact) mass is 274 g/mol. The lowest BCUT2D eigenvalue weighted by molar-refractivity contribution is -0.124. The molecule has 0 atom stereocenters. The van der Waals surface area contributed by atoms with Gasteiger partial charge in [-0.05, 0) is 23.6 Å². The lowest BCUT2D eigenvalue weighted by Crippen LogP contribution is -2.29. The molecule has 0 aromatic heterocycles. The van der Waals surface area contributed by atoms with E-state index in [-0.39, 0.29) is 19.6 Å². The summed E-state index contributed by atoms with van der Waals surface area (Å²) < 4.78 is 4.89. The molecule has 0 fully saturated rings. The van der Waals surface area contributed by atoms with E-state index in [0.717, 1.165) is 5.56 Å². The van der Waals surface area contributed by atoms with Gasteiger partial charge in [-0.3, -0.25) is 4.79 Å². The first-order valence-corrected chi connectivity index (χ1v) is 6.45. The van der Waals surface area contributed by atoms with E-state index in [9.17, 15) is 9.59 Å². The number of nitriles is 1. The normalized spacial score (nSPS) is 9.90. The lowest BCUT2D eigenvalue weighted by atomic mass is 10.0. The fourth-order valence-corrected chi connectivity index (χ4v) is 1.53. The van der Waals surface area contributed by atoms with Gasteiger partial charge in [0.2, 0.25) is 0 Å². The predicted octanol–water partition coefficient (Wildman–Crippen LogP) is 2.00. The zero-order valence-corrected chi connectivity index (χ0v) is 11.7. The molecule has 0 aliphatic carbocycles. The van der Waals surface area contributed by atoms with Crippen LogP contribution in [0.5, 0.6) is 0 Å². The molecule has 5 heteroatoms. The first-order valence-electron chi connectivity index (χ1n) is 6.45. The molecular formula is C15H18N2O3. The number of carbonyl (C=O) groups excluding carboxylic acids is 2. The molecule has 0 heterocycles. The van der Waals surface area contributed by atoms with E-state index in [1.165, 1.54) is 0 Å². The van der Waals surface area contributed by atoms with Crippen LogP contribution in [0.1, 0.15) is 42.1 Å². The van der Waals surface area contributed by atoms with Gasteiger partial charge in [0.25, 0.3) is 5.91 Å². The molecule has 0 saturated heterocycles. The van der Waals surface area contributed by atoms with Crippen molar-refractivity contribution < 1.29 is 14.3 Å². The van der Waals surface area contributed by atoms with Crippen molar-refractivity contribution >= 4 is 11.9 Å². The second kappa shape index (κ2) is 7.95. The second-order valence-electron chi connectivity index (χ2n) is 4.61. The smallest absolute Gasteiger partial charge is 0.338 e. The fourth-order valence-electron chi connectivity index (χ4n) is 1.53. The molecule has 0 aliphatic heterocycles. The maximum absolute atomic E-state index is 11.7. The Bertz CT molecular complexity index is 501. The molecule has 20 heavy (non-hydrogen) atoms. The number of hydrogen-bond donors (Lipinski definition) is 1. The Balaban J connectivity index is 2.43. The van der Waals surface area contributed by atoms with E-state index in [4.69, 9.17) is 10.00 Å². The molecule has 1 amide bonds. The van der Waals surface area contributed by atoms with Gasteiger partial charge in [0.05, 0.1) is 18.1 Å². The first kappa shape index (κ1) is 15.7. The molecule has 0 spiro atoms. The highest BCUT2D eigenvalue weighted by atomic mass is 16.5. The largest absolute Gasteiger partial charge is 0.452 e. The number of hydrogen-bond acceptors (Lipinski definition) is 4. The minimum absolute atomic E-state index is 0.232. The maximum atomic E-state index is 11.7. The lowest BCUT2D eigenvalue weighted by Gasteiger charge is -2.07. The van der Waals surface area contributed by atoms with Crippen LogP contribution in [-0.4, -0.2) is 25.0 Å². The summed E-state index contributed by atoms with van der Waals surface area (Å²) in [6, 6.07) is 9.02. The summed E-state index contributed by atoms with van der Waals surface area (Å²) in [4.78, 5) is 23.0. The molecule has 0 unspecified atom stereocenters. The minimum Gasteiger partial charge on any atom is -0.452 e. The summed E-state index contributed by atoms with van der Waals surface area (Å²) in [5.41, 5.74) is 1.55. The topological polar surface area (TPSA) is 79.2 Å². The summed E-state index contributed by atoms with van der Waals surface area (Å²) in [7, 11) is 0. The van der Waals surface area contributed by atoms with Crippen LogP contribution in [0.15, 0.2) is 24.3 Å². The number of nitrogens with one attached hydrogen (secondary N) is 1. The van der Waals surface area contributed by atoms with Crippen LogP contribution < -0.4 is 5.32 Å². The Morgan fingerprint density at radius 1 is 1.30 bits per heavy atom. The Labute approximate surface area is 118 Å². The Kier molecular flexibility index (Phi) is 6.24. The van der Waals surface area contributed by atoms with Crippen LogP contribution in [0.3, 0.4) is 0 Å². The van der Waals surface area contributed by atoms with Gasteiger partial charge >= 0.3 is 5.97 Å². The summed E-state index contributed by atoms with van der Waals surface area (Å²) in [6.07, 6.45) is 0.232. The molecule has 1 aromatic carbocycles. The van der Waals surface area contributed by atoms with Crippen LogP contribution in [0, 0.1) is 11.3 Å². The molecule has 1 aromatic rings.